The van der Waals surface area contributed by atoms with E-state index in [0.717, 1.165) is 5.56 Å². The number of carbonyl (C=O) groups excluding carboxylic acids is 2. The highest BCUT2D eigenvalue weighted by Gasteiger charge is 2.27. The second kappa shape index (κ2) is 8.99. The largest absolute Gasteiger partial charge is 0.338 e. The van der Waals surface area contributed by atoms with Crippen molar-refractivity contribution in [3.05, 3.63) is 48.3 Å². The standard InChI is InChI=1S/C19H23N5O4S/c1-15-3-5-16(6-4-15)22-17(25)13-29(27,28)14-18(26)23-9-11-24(12-10-23)19-20-7-2-8-21-19/h2-8H,9-14H2,1H3,(H,22,25). The van der Waals surface area contributed by atoms with Gasteiger partial charge < -0.3 is 15.1 Å². The summed E-state index contributed by atoms with van der Waals surface area (Å²) in [7, 11) is -3.86. The first-order valence-electron chi connectivity index (χ1n) is 9.19. The minimum absolute atomic E-state index is 0.377. The van der Waals surface area contributed by atoms with Gasteiger partial charge in [-0.25, -0.2) is 18.4 Å². The molecule has 0 radical (unpaired) electrons. The Morgan fingerprint density at radius 2 is 1.62 bits per heavy atom. The predicted octanol–water partition coefficient (Wildman–Crippen LogP) is 0.487. The van der Waals surface area contributed by atoms with Crippen LogP contribution in [0.3, 0.4) is 0 Å². The number of hydrogen-bond donors (Lipinski definition) is 1. The van der Waals surface area contributed by atoms with Crippen molar-refractivity contribution in [3.63, 3.8) is 0 Å². The second-order valence-corrected chi connectivity index (χ2v) is 8.93. The molecular formula is C19H23N5O4S. The number of carbonyl (C=O) groups is 2. The van der Waals surface area contributed by atoms with Crippen LogP contribution in [0.1, 0.15) is 5.56 Å². The number of aryl methyl sites for hydroxylation is 1. The van der Waals surface area contributed by atoms with Crippen molar-refractivity contribution >= 4 is 33.3 Å². The molecule has 2 heterocycles. The number of piperazine rings is 1. The van der Waals surface area contributed by atoms with Crippen LogP contribution in [0.25, 0.3) is 0 Å². The van der Waals surface area contributed by atoms with Crippen LogP contribution in [0, 0.1) is 6.92 Å². The molecule has 1 aliphatic heterocycles. The number of nitrogens with one attached hydrogen (secondary N) is 1. The summed E-state index contributed by atoms with van der Waals surface area (Å²) in [6, 6.07) is 8.74. The minimum Gasteiger partial charge on any atom is -0.338 e. The maximum absolute atomic E-state index is 12.4. The average molecular weight is 417 g/mol. The molecule has 29 heavy (non-hydrogen) atoms. The van der Waals surface area contributed by atoms with Gasteiger partial charge in [-0.05, 0) is 25.1 Å². The van der Waals surface area contributed by atoms with Gasteiger partial charge in [0.05, 0.1) is 0 Å². The van der Waals surface area contributed by atoms with Crippen LogP contribution in [0.2, 0.25) is 0 Å². The molecule has 0 aliphatic carbocycles. The monoisotopic (exact) mass is 417 g/mol. The molecule has 2 amide bonds. The molecule has 9 nitrogen and oxygen atoms in total. The van der Waals surface area contributed by atoms with Crippen LogP contribution in [0.5, 0.6) is 0 Å². The van der Waals surface area contributed by atoms with E-state index < -0.39 is 33.2 Å². The third kappa shape index (κ3) is 5.98. The van der Waals surface area contributed by atoms with E-state index in [-0.39, 0.29) is 0 Å². The zero-order chi connectivity index (χ0) is 20.9. The fourth-order valence-electron chi connectivity index (χ4n) is 2.97. The summed E-state index contributed by atoms with van der Waals surface area (Å²) in [5.41, 5.74) is 1.54. The molecule has 0 unspecified atom stereocenters. The van der Waals surface area contributed by atoms with Crippen molar-refractivity contribution < 1.29 is 18.0 Å². The first-order valence-corrected chi connectivity index (χ1v) is 11.0. The van der Waals surface area contributed by atoms with Gasteiger partial charge in [0.2, 0.25) is 17.8 Å². The van der Waals surface area contributed by atoms with Crippen molar-refractivity contribution in [3.8, 4) is 0 Å². The van der Waals surface area contributed by atoms with E-state index in [1.807, 2.05) is 24.0 Å². The molecule has 3 rings (SSSR count). The van der Waals surface area contributed by atoms with Gasteiger partial charge >= 0.3 is 0 Å². The Hall–Kier alpha value is -3.01. The number of anilines is 2. The molecular weight excluding hydrogens is 394 g/mol. The van der Waals surface area contributed by atoms with Crippen LogP contribution in [-0.2, 0) is 19.4 Å². The summed E-state index contributed by atoms with van der Waals surface area (Å²) in [6.45, 7) is 3.70. The Labute approximate surface area is 169 Å². The molecule has 0 bridgehead atoms. The molecule has 0 spiro atoms. The van der Waals surface area contributed by atoms with E-state index in [1.165, 1.54) is 4.90 Å². The van der Waals surface area contributed by atoms with E-state index in [1.54, 1.807) is 30.6 Å². The summed E-state index contributed by atoms with van der Waals surface area (Å²) >= 11 is 0. The highest BCUT2D eigenvalue weighted by Crippen LogP contribution is 2.11. The Kier molecular flexibility index (Phi) is 6.42. The van der Waals surface area contributed by atoms with Crippen molar-refractivity contribution in [2.75, 3.05) is 47.9 Å². The first kappa shape index (κ1) is 20.7. The van der Waals surface area contributed by atoms with Crippen LogP contribution >= 0.6 is 0 Å². The smallest absolute Gasteiger partial charge is 0.239 e. The molecule has 0 saturated carbocycles. The lowest BCUT2D eigenvalue weighted by Crippen LogP contribution is -2.50. The van der Waals surface area contributed by atoms with Crippen LogP contribution in [-0.4, -0.2) is 72.8 Å². The van der Waals surface area contributed by atoms with E-state index in [4.69, 9.17) is 0 Å². The van der Waals surface area contributed by atoms with Crippen LogP contribution < -0.4 is 10.2 Å². The zero-order valence-electron chi connectivity index (χ0n) is 16.1. The number of rotatable bonds is 6. The third-order valence-electron chi connectivity index (χ3n) is 4.50. The van der Waals surface area contributed by atoms with Gasteiger partial charge in [0.1, 0.15) is 11.5 Å². The predicted molar refractivity (Wildman–Crippen MR) is 109 cm³/mol. The van der Waals surface area contributed by atoms with E-state index in [9.17, 15) is 18.0 Å². The maximum atomic E-state index is 12.4. The molecule has 154 valence electrons. The van der Waals surface area contributed by atoms with Gasteiger partial charge in [0.15, 0.2) is 9.84 Å². The Morgan fingerprint density at radius 3 is 2.24 bits per heavy atom. The summed E-state index contributed by atoms with van der Waals surface area (Å²) in [6.07, 6.45) is 3.29. The SMILES string of the molecule is Cc1ccc(NC(=O)CS(=O)(=O)CC(=O)N2CCN(c3ncccn3)CC2)cc1. The van der Waals surface area contributed by atoms with Gasteiger partial charge in [0.25, 0.3) is 0 Å². The lowest BCUT2D eigenvalue weighted by Gasteiger charge is -2.34. The second-order valence-electron chi connectivity index (χ2n) is 6.86. The quantitative estimate of drug-likeness (QED) is 0.728. The van der Waals surface area contributed by atoms with Crippen molar-refractivity contribution in [1.29, 1.82) is 0 Å². The van der Waals surface area contributed by atoms with Gasteiger partial charge in [0, 0.05) is 44.3 Å². The van der Waals surface area contributed by atoms with E-state index in [2.05, 4.69) is 15.3 Å². The summed E-state index contributed by atoms with van der Waals surface area (Å²) in [5.74, 6) is -1.99. The van der Waals surface area contributed by atoms with E-state index in [0.29, 0.717) is 37.8 Å². The minimum atomic E-state index is -3.86. The molecule has 1 N–H and O–H groups in total. The van der Waals surface area contributed by atoms with Crippen LogP contribution in [0.4, 0.5) is 11.6 Å². The van der Waals surface area contributed by atoms with Gasteiger partial charge in [-0.15, -0.1) is 0 Å². The highest BCUT2D eigenvalue weighted by molar-refractivity contribution is 7.92. The lowest BCUT2D eigenvalue weighted by molar-refractivity contribution is -0.128. The summed E-state index contributed by atoms with van der Waals surface area (Å²) < 4.78 is 24.6. The number of amides is 2. The Bertz CT molecular complexity index is 956. The molecule has 0 atom stereocenters. The van der Waals surface area contributed by atoms with Crippen molar-refractivity contribution in [2.24, 2.45) is 0 Å². The number of nitrogens with zero attached hydrogens (tertiary/aromatic N) is 4. The number of sulfone groups is 1. The van der Waals surface area contributed by atoms with Gasteiger partial charge in [-0.3, -0.25) is 9.59 Å². The number of hydrogen-bond acceptors (Lipinski definition) is 7. The molecule has 1 fully saturated rings. The fourth-order valence-corrected chi connectivity index (χ4v) is 4.11. The molecule has 2 aromatic rings. The Balaban J connectivity index is 1.49. The fraction of sp³-hybridized carbons (Fsp3) is 0.368. The lowest BCUT2D eigenvalue weighted by atomic mass is 10.2. The molecule has 1 aliphatic rings. The number of aromatic nitrogens is 2. The average Bonchev–Trinajstić information content (AvgIpc) is 2.69. The third-order valence-corrected chi connectivity index (χ3v) is 5.89. The highest BCUT2D eigenvalue weighted by atomic mass is 32.2. The Morgan fingerprint density at radius 1 is 1.00 bits per heavy atom. The first-order chi connectivity index (χ1) is 13.8. The van der Waals surface area contributed by atoms with Gasteiger partial charge in [-0.1, -0.05) is 17.7 Å². The molecule has 1 saturated heterocycles. The topological polar surface area (TPSA) is 113 Å². The van der Waals surface area contributed by atoms with Crippen LogP contribution in [0.15, 0.2) is 42.7 Å². The summed E-state index contributed by atoms with van der Waals surface area (Å²) in [4.78, 5) is 36.2. The van der Waals surface area contributed by atoms with E-state index >= 15 is 0 Å². The van der Waals surface area contributed by atoms with Gasteiger partial charge in [-0.2, -0.15) is 0 Å². The normalized spacial score (nSPS) is 14.5. The maximum Gasteiger partial charge on any atom is 0.239 e. The van der Waals surface area contributed by atoms with Crippen molar-refractivity contribution in [1.82, 2.24) is 14.9 Å². The molecule has 1 aromatic heterocycles. The van der Waals surface area contributed by atoms with Crippen molar-refractivity contribution in [2.45, 2.75) is 6.92 Å². The molecule has 1 aromatic carbocycles. The number of benzene rings is 1. The molecule has 10 heteroatoms. The zero-order valence-corrected chi connectivity index (χ0v) is 16.9. The summed E-state index contributed by atoms with van der Waals surface area (Å²) in [5, 5.41) is 2.54.